The molecule has 1 aromatic rings. The fourth-order valence-electron chi connectivity index (χ4n) is 3.11. The van der Waals surface area contributed by atoms with Crippen molar-refractivity contribution < 1.29 is 0 Å². The van der Waals surface area contributed by atoms with Crippen molar-refractivity contribution in [1.82, 2.24) is 4.90 Å². The number of halogens is 1. The van der Waals surface area contributed by atoms with Gasteiger partial charge < -0.3 is 11.1 Å². The van der Waals surface area contributed by atoms with Gasteiger partial charge >= 0.3 is 0 Å². The zero-order valence-electron chi connectivity index (χ0n) is 9.82. The number of nitrogens with one attached hydrogen (secondary N) is 1. The summed E-state index contributed by atoms with van der Waals surface area (Å²) in [5.74, 6) is 0. The van der Waals surface area contributed by atoms with Gasteiger partial charge in [-0.15, -0.1) is 0 Å². The van der Waals surface area contributed by atoms with Crippen molar-refractivity contribution in [2.75, 3.05) is 24.1 Å². The molecule has 3 nitrogen and oxygen atoms in total. The lowest BCUT2D eigenvalue weighted by Gasteiger charge is -2.23. The number of benzene rings is 1. The zero-order valence-corrected chi connectivity index (χ0v) is 10.6. The molecule has 3 rings (SSSR count). The Morgan fingerprint density at radius 2 is 2.18 bits per heavy atom. The van der Waals surface area contributed by atoms with E-state index in [-0.39, 0.29) is 0 Å². The summed E-state index contributed by atoms with van der Waals surface area (Å²) in [5, 5.41) is 4.21. The van der Waals surface area contributed by atoms with E-state index in [1.807, 2.05) is 18.2 Å². The van der Waals surface area contributed by atoms with Crippen LogP contribution in [0.4, 0.5) is 11.4 Å². The second-order valence-corrected chi connectivity index (χ2v) is 5.39. The van der Waals surface area contributed by atoms with Crippen LogP contribution < -0.4 is 11.1 Å². The normalized spacial score (nSPS) is 28.3. The van der Waals surface area contributed by atoms with Crippen LogP contribution in [0.3, 0.4) is 0 Å². The summed E-state index contributed by atoms with van der Waals surface area (Å²) in [6.45, 7) is 2.47. The van der Waals surface area contributed by atoms with Crippen LogP contribution in [0.2, 0.25) is 5.02 Å². The number of rotatable bonds is 2. The van der Waals surface area contributed by atoms with Crippen molar-refractivity contribution in [3.05, 3.63) is 23.2 Å². The standard InChI is InChI=1S/C13H18ClN3/c14-9-3-1-4-11(13(9)15)16-10-6-8-17-7-2-5-12(10)17/h1,3-4,10,12,16H,2,5-8,15H2. The SMILES string of the molecule is Nc1c(Cl)cccc1NC1CCN2CCCC12. The van der Waals surface area contributed by atoms with Crippen LogP contribution in [-0.4, -0.2) is 30.1 Å². The molecular weight excluding hydrogens is 234 g/mol. The smallest absolute Gasteiger partial charge is 0.0739 e. The molecule has 0 aromatic heterocycles. The Balaban J connectivity index is 1.76. The predicted molar refractivity (Wildman–Crippen MR) is 72.5 cm³/mol. The van der Waals surface area contributed by atoms with Crippen molar-refractivity contribution in [1.29, 1.82) is 0 Å². The first-order valence-electron chi connectivity index (χ1n) is 6.30. The molecule has 2 aliphatic heterocycles. The molecule has 1 aromatic carbocycles. The average Bonchev–Trinajstić information content (AvgIpc) is 2.89. The van der Waals surface area contributed by atoms with Gasteiger partial charge in [0.25, 0.3) is 0 Å². The number of hydrogen-bond acceptors (Lipinski definition) is 3. The van der Waals surface area contributed by atoms with Crippen LogP contribution in [0.5, 0.6) is 0 Å². The molecule has 2 atom stereocenters. The summed E-state index contributed by atoms with van der Waals surface area (Å²) in [7, 11) is 0. The van der Waals surface area contributed by atoms with Crippen molar-refractivity contribution >= 4 is 23.0 Å². The number of anilines is 2. The summed E-state index contributed by atoms with van der Waals surface area (Å²) in [4.78, 5) is 2.58. The molecule has 0 saturated carbocycles. The molecule has 0 bridgehead atoms. The Hall–Kier alpha value is -0.930. The highest BCUT2D eigenvalue weighted by atomic mass is 35.5. The number of nitrogen functional groups attached to an aromatic ring is 1. The predicted octanol–water partition coefficient (Wildman–Crippen LogP) is 2.57. The minimum atomic E-state index is 0.526. The zero-order chi connectivity index (χ0) is 11.8. The second kappa shape index (κ2) is 4.39. The maximum atomic E-state index is 6.04. The van der Waals surface area contributed by atoms with Gasteiger partial charge in [0.15, 0.2) is 0 Å². The van der Waals surface area contributed by atoms with E-state index in [1.165, 1.54) is 32.4 Å². The highest BCUT2D eigenvalue weighted by molar-refractivity contribution is 6.33. The monoisotopic (exact) mass is 251 g/mol. The number of para-hydroxylation sites is 1. The highest BCUT2D eigenvalue weighted by Crippen LogP contribution is 2.33. The summed E-state index contributed by atoms with van der Waals surface area (Å²) < 4.78 is 0. The number of fused-ring (bicyclic) bond motifs is 1. The molecule has 0 spiro atoms. The first kappa shape index (κ1) is 11.2. The number of nitrogens with zero attached hydrogens (tertiary/aromatic N) is 1. The van der Waals surface area contributed by atoms with Crippen LogP contribution in [0.15, 0.2) is 18.2 Å². The Morgan fingerprint density at radius 1 is 1.29 bits per heavy atom. The fourth-order valence-corrected chi connectivity index (χ4v) is 3.29. The van der Waals surface area contributed by atoms with E-state index in [1.54, 1.807) is 0 Å². The quantitative estimate of drug-likeness (QED) is 0.794. The van der Waals surface area contributed by atoms with E-state index in [0.29, 0.717) is 22.8 Å². The molecule has 2 fully saturated rings. The van der Waals surface area contributed by atoms with E-state index < -0.39 is 0 Å². The molecule has 2 heterocycles. The summed E-state index contributed by atoms with van der Waals surface area (Å²) in [5.41, 5.74) is 7.64. The third-order valence-corrected chi connectivity index (χ3v) is 4.33. The van der Waals surface area contributed by atoms with E-state index in [9.17, 15) is 0 Å². The van der Waals surface area contributed by atoms with Gasteiger partial charge in [-0.3, -0.25) is 4.90 Å². The van der Waals surface area contributed by atoms with Crippen molar-refractivity contribution in [2.45, 2.75) is 31.3 Å². The molecule has 2 unspecified atom stereocenters. The maximum absolute atomic E-state index is 6.04. The molecule has 0 amide bonds. The summed E-state index contributed by atoms with van der Waals surface area (Å²) >= 11 is 6.04. The van der Waals surface area contributed by atoms with Gasteiger partial charge in [0.2, 0.25) is 0 Å². The van der Waals surface area contributed by atoms with Gasteiger partial charge in [0.1, 0.15) is 0 Å². The van der Waals surface area contributed by atoms with E-state index in [2.05, 4.69) is 10.2 Å². The average molecular weight is 252 g/mol. The largest absolute Gasteiger partial charge is 0.396 e. The number of nitrogens with two attached hydrogens (primary N) is 1. The second-order valence-electron chi connectivity index (χ2n) is 4.99. The fraction of sp³-hybridized carbons (Fsp3) is 0.538. The highest BCUT2D eigenvalue weighted by Gasteiger charge is 2.37. The Morgan fingerprint density at radius 3 is 3.06 bits per heavy atom. The van der Waals surface area contributed by atoms with Crippen LogP contribution in [0.25, 0.3) is 0 Å². The van der Waals surface area contributed by atoms with Gasteiger partial charge in [0, 0.05) is 18.6 Å². The lowest BCUT2D eigenvalue weighted by atomic mass is 10.1. The summed E-state index contributed by atoms with van der Waals surface area (Å²) in [6, 6.07) is 7.01. The van der Waals surface area contributed by atoms with Gasteiger partial charge in [-0.25, -0.2) is 0 Å². The van der Waals surface area contributed by atoms with Crippen LogP contribution in [0, 0.1) is 0 Å². The van der Waals surface area contributed by atoms with Gasteiger partial charge in [-0.05, 0) is 37.9 Å². The lowest BCUT2D eigenvalue weighted by molar-refractivity contribution is 0.318. The van der Waals surface area contributed by atoms with Crippen molar-refractivity contribution in [2.24, 2.45) is 0 Å². The van der Waals surface area contributed by atoms with Gasteiger partial charge in [0.05, 0.1) is 16.4 Å². The van der Waals surface area contributed by atoms with Crippen molar-refractivity contribution in [3.63, 3.8) is 0 Å². The third kappa shape index (κ3) is 1.98. The molecular formula is C13H18ClN3. The number of hydrogen-bond donors (Lipinski definition) is 2. The van der Waals surface area contributed by atoms with Crippen molar-refractivity contribution in [3.8, 4) is 0 Å². The van der Waals surface area contributed by atoms with Crippen LogP contribution in [0.1, 0.15) is 19.3 Å². The van der Waals surface area contributed by atoms with Gasteiger partial charge in [-0.2, -0.15) is 0 Å². The maximum Gasteiger partial charge on any atom is 0.0739 e. The van der Waals surface area contributed by atoms with E-state index >= 15 is 0 Å². The third-order valence-electron chi connectivity index (χ3n) is 4.00. The molecule has 2 saturated heterocycles. The van der Waals surface area contributed by atoms with E-state index in [0.717, 1.165) is 5.69 Å². The first-order chi connectivity index (χ1) is 8.25. The molecule has 0 radical (unpaired) electrons. The van der Waals surface area contributed by atoms with Crippen LogP contribution >= 0.6 is 11.6 Å². The Labute approximate surface area is 107 Å². The minimum absolute atomic E-state index is 0.526. The molecule has 17 heavy (non-hydrogen) atoms. The molecule has 2 aliphatic rings. The summed E-state index contributed by atoms with van der Waals surface area (Å²) in [6.07, 6.45) is 3.84. The Bertz CT molecular complexity index is 421. The van der Waals surface area contributed by atoms with Gasteiger partial charge in [-0.1, -0.05) is 17.7 Å². The Kier molecular flexibility index (Phi) is 2.89. The molecule has 3 N–H and O–H groups in total. The molecule has 92 valence electrons. The molecule has 0 aliphatic carbocycles. The lowest BCUT2D eigenvalue weighted by Crippen LogP contribution is -2.33. The van der Waals surface area contributed by atoms with Crippen LogP contribution in [-0.2, 0) is 0 Å². The minimum Gasteiger partial charge on any atom is -0.396 e. The van der Waals surface area contributed by atoms with E-state index in [4.69, 9.17) is 17.3 Å². The molecule has 4 heteroatoms. The topological polar surface area (TPSA) is 41.3 Å². The first-order valence-corrected chi connectivity index (χ1v) is 6.68.